The van der Waals surface area contributed by atoms with Crippen LogP contribution in [0.5, 0.6) is 0 Å². The molecule has 1 aliphatic rings. The lowest BCUT2D eigenvalue weighted by atomic mass is 10.0. The number of benzene rings is 1. The van der Waals surface area contributed by atoms with E-state index >= 15 is 0 Å². The van der Waals surface area contributed by atoms with E-state index in [1.165, 1.54) is 0 Å². The summed E-state index contributed by atoms with van der Waals surface area (Å²) in [6, 6.07) is 9.09. The van der Waals surface area contributed by atoms with Gasteiger partial charge in [0.05, 0.1) is 5.92 Å². The number of amides is 1. The molecule has 1 aromatic carbocycles. The third-order valence-electron chi connectivity index (χ3n) is 3.26. The number of carbonyl (C=O) groups is 2. The zero-order chi connectivity index (χ0) is 14.4. The molecular formula is C15H19NO4. The van der Waals surface area contributed by atoms with E-state index in [0.717, 1.165) is 0 Å². The summed E-state index contributed by atoms with van der Waals surface area (Å²) < 4.78 is 10.4. The minimum absolute atomic E-state index is 0.157. The Hall–Kier alpha value is -1.88. The molecule has 1 fully saturated rings. The Morgan fingerprint density at radius 1 is 1.25 bits per heavy atom. The first-order valence-corrected chi connectivity index (χ1v) is 6.81. The van der Waals surface area contributed by atoms with Crippen LogP contribution in [-0.2, 0) is 19.1 Å². The number of carbonyl (C=O) groups excluding carboxylic acids is 2. The maximum atomic E-state index is 11.9. The van der Waals surface area contributed by atoms with Gasteiger partial charge >= 0.3 is 5.97 Å². The highest BCUT2D eigenvalue weighted by molar-refractivity contribution is 5.95. The molecule has 2 rings (SSSR count). The first-order valence-electron chi connectivity index (χ1n) is 6.81. The summed E-state index contributed by atoms with van der Waals surface area (Å²) in [5.41, 5.74) is 0.687. The van der Waals surface area contributed by atoms with Crippen molar-refractivity contribution < 1.29 is 19.1 Å². The molecule has 1 amide bonds. The van der Waals surface area contributed by atoms with Gasteiger partial charge in [-0.15, -0.1) is 0 Å². The Kier molecular flexibility index (Phi) is 5.12. The number of esters is 1. The van der Waals surface area contributed by atoms with Crippen molar-refractivity contribution in [3.63, 3.8) is 0 Å². The molecule has 20 heavy (non-hydrogen) atoms. The quantitative estimate of drug-likeness (QED) is 0.855. The van der Waals surface area contributed by atoms with E-state index in [1.54, 1.807) is 19.1 Å². The minimum Gasteiger partial charge on any atom is -0.452 e. The summed E-state index contributed by atoms with van der Waals surface area (Å²) in [6.45, 7) is 2.73. The summed E-state index contributed by atoms with van der Waals surface area (Å²) in [5, 5.41) is 2.71. The van der Waals surface area contributed by atoms with Gasteiger partial charge in [-0.25, -0.2) is 0 Å². The number of hydrogen-bond acceptors (Lipinski definition) is 4. The van der Waals surface area contributed by atoms with Crippen LogP contribution in [0.2, 0.25) is 0 Å². The molecule has 0 spiro atoms. The normalized spacial score (nSPS) is 17.2. The molecule has 1 aromatic rings. The number of nitrogens with one attached hydrogen (secondary N) is 1. The lowest BCUT2D eigenvalue weighted by Crippen LogP contribution is -2.34. The minimum atomic E-state index is -0.800. The first-order chi connectivity index (χ1) is 9.66. The van der Waals surface area contributed by atoms with Crippen molar-refractivity contribution in [3.05, 3.63) is 30.3 Å². The number of anilines is 1. The maximum Gasteiger partial charge on any atom is 0.309 e. The molecule has 1 N–H and O–H groups in total. The van der Waals surface area contributed by atoms with Crippen LogP contribution in [-0.4, -0.2) is 31.2 Å². The second-order valence-corrected chi connectivity index (χ2v) is 4.82. The van der Waals surface area contributed by atoms with E-state index in [-0.39, 0.29) is 17.8 Å². The van der Waals surface area contributed by atoms with Gasteiger partial charge in [0, 0.05) is 18.9 Å². The standard InChI is InChI=1S/C15H19NO4/c1-11(14(17)16-13-5-3-2-4-6-13)20-15(18)12-7-9-19-10-8-12/h2-6,11-12H,7-10H2,1H3,(H,16,17). The van der Waals surface area contributed by atoms with Crippen molar-refractivity contribution in [2.75, 3.05) is 18.5 Å². The van der Waals surface area contributed by atoms with Gasteiger partial charge in [0.1, 0.15) is 0 Å². The number of ether oxygens (including phenoxy) is 2. The van der Waals surface area contributed by atoms with E-state index in [2.05, 4.69) is 5.32 Å². The largest absolute Gasteiger partial charge is 0.452 e. The van der Waals surface area contributed by atoms with Gasteiger partial charge in [0.15, 0.2) is 6.10 Å². The molecule has 1 atom stereocenters. The Morgan fingerprint density at radius 3 is 2.55 bits per heavy atom. The Morgan fingerprint density at radius 2 is 1.90 bits per heavy atom. The Bertz CT molecular complexity index is 454. The van der Waals surface area contributed by atoms with E-state index in [1.807, 2.05) is 18.2 Å². The van der Waals surface area contributed by atoms with Crippen LogP contribution < -0.4 is 5.32 Å². The SMILES string of the molecule is CC(OC(=O)C1CCOCC1)C(=O)Nc1ccccc1. The van der Waals surface area contributed by atoms with Crippen molar-refractivity contribution in [2.24, 2.45) is 5.92 Å². The van der Waals surface area contributed by atoms with Crippen LogP contribution in [0.1, 0.15) is 19.8 Å². The topological polar surface area (TPSA) is 64.6 Å². The first kappa shape index (κ1) is 14.5. The van der Waals surface area contributed by atoms with Crippen molar-refractivity contribution in [2.45, 2.75) is 25.9 Å². The summed E-state index contributed by atoms with van der Waals surface area (Å²) in [6.07, 6.45) is 0.517. The van der Waals surface area contributed by atoms with Gasteiger partial charge < -0.3 is 14.8 Å². The van der Waals surface area contributed by atoms with Crippen molar-refractivity contribution in [1.29, 1.82) is 0 Å². The molecule has 1 aliphatic heterocycles. The maximum absolute atomic E-state index is 11.9. The average Bonchev–Trinajstić information content (AvgIpc) is 2.49. The zero-order valence-electron chi connectivity index (χ0n) is 11.5. The highest BCUT2D eigenvalue weighted by atomic mass is 16.5. The van der Waals surface area contributed by atoms with Crippen molar-refractivity contribution in [1.82, 2.24) is 0 Å². The van der Waals surface area contributed by atoms with Crippen LogP contribution in [0, 0.1) is 5.92 Å². The molecule has 1 unspecified atom stereocenters. The molecule has 0 bridgehead atoms. The lowest BCUT2D eigenvalue weighted by Gasteiger charge is -2.22. The molecule has 5 nitrogen and oxygen atoms in total. The predicted molar refractivity (Wildman–Crippen MR) is 74.2 cm³/mol. The van der Waals surface area contributed by atoms with Crippen molar-refractivity contribution >= 4 is 17.6 Å². The fourth-order valence-electron chi connectivity index (χ4n) is 2.02. The fraction of sp³-hybridized carbons (Fsp3) is 0.467. The third-order valence-corrected chi connectivity index (χ3v) is 3.26. The summed E-state index contributed by atoms with van der Waals surface area (Å²) in [7, 11) is 0. The van der Waals surface area contributed by atoms with Gasteiger partial charge in [-0.3, -0.25) is 9.59 Å². The van der Waals surface area contributed by atoms with Gasteiger partial charge in [0.2, 0.25) is 0 Å². The molecule has 5 heteroatoms. The molecule has 1 saturated heterocycles. The van der Waals surface area contributed by atoms with Gasteiger partial charge in [-0.05, 0) is 31.9 Å². The third kappa shape index (κ3) is 4.06. The van der Waals surface area contributed by atoms with Crippen molar-refractivity contribution in [3.8, 4) is 0 Å². The lowest BCUT2D eigenvalue weighted by molar-refractivity contribution is -0.160. The number of hydrogen-bond donors (Lipinski definition) is 1. The fourth-order valence-corrected chi connectivity index (χ4v) is 2.02. The predicted octanol–water partition coefficient (Wildman–Crippen LogP) is 1.98. The zero-order valence-corrected chi connectivity index (χ0v) is 11.5. The summed E-state index contributed by atoms with van der Waals surface area (Å²) in [5.74, 6) is -0.795. The van der Waals surface area contributed by atoms with E-state index in [4.69, 9.17) is 9.47 Å². The second-order valence-electron chi connectivity index (χ2n) is 4.82. The van der Waals surface area contributed by atoms with E-state index in [0.29, 0.717) is 31.7 Å². The number of rotatable bonds is 4. The Balaban J connectivity index is 1.82. The van der Waals surface area contributed by atoms with E-state index < -0.39 is 6.10 Å². The molecule has 0 saturated carbocycles. The van der Waals surface area contributed by atoms with Crippen LogP contribution in [0.15, 0.2) is 30.3 Å². The van der Waals surface area contributed by atoms with Crippen LogP contribution >= 0.6 is 0 Å². The van der Waals surface area contributed by atoms with Crippen LogP contribution in [0.3, 0.4) is 0 Å². The molecular weight excluding hydrogens is 258 g/mol. The van der Waals surface area contributed by atoms with Gasteiger partial charge in [-0.1, -0.05) is 18.2 Å². The molecule has 0 aliphatic carbocycles. The highest BCUT2D eigenvalue weighted by Gasteiger charge is 2.26. The number of para-hydroxylation sites is 1. The molecule has 108 valence electrons. The second kappa shape index (κ2) is 7.05. The van der Waals surface area contributed by atoms with Crippen LogP contribution in [0.4, 0.5) is 5.69 Å². The summed E-state index contributed by atoms with van der Waals surface area (Å²) >= 11 is 0. The van der Waals surface area contributed by atoms with E-state index in [9.17, 15) is 9.59 Å². The highest BCUT2D eigenvalue weighted by Crippen LogP contribution is 2.17. The summed E-state index contributed by atoms with van der Waals surface area (Å²) in [4.78, 5) is 23.8. The molecule has 0 aromatic heterocycles. The average molecular weight is 277 g/mol. The smallest absolute Gasteiger partial charge is 0.309 e. The monoisotopic (exact) mass is 277 g/mol. The molecule has 0 radical (unpaired) electrons. The van der Waals surface area contributed by atoms with Crippen LogP contribution in [0.25, 0.3) is 0 Å². The van der Waals surface area contributed by atoms with Gasteiger partial charge in [-0.2, -0.15) is 0 Å². The van der Waals surface area contributed by atoms with Gasteiger partial charge in [0.25, 0.3) is 5.91 Å². The Labute approximate surface area is 118 Å². The molecule has 1 heterocycles.